The standard InChI is InChI=1S/C19H42N3O5/c1-18(20)6-8-21(2)19(23)7-10-24-12-14-26-16-17-27-15-13-25-11-9-22(3,4)5/h18H,6-17,20H2,1-5H3/q+1. The highest BCUT2D eigenvalue weighted by Gasteiger charge is 2.09. The summed E-state index contributed by atoms with van der Waals surface area (Å²) in [6.45, 7) is 7.99. The maximum Gasteiger partial charge on any atom is 0.224 e. The number of amides is 1. The van der Waals surface area contributed by atoms with Gasteiger partial charge in [-0.1, -0.05) is 0 Å². The van der Waals surface area contributed by atoms with Crippen LogP contribution in [0.2, 0.25) is 0 Å². The Morgan fingerprint density at radius 2 is 1.33 bits per heavy atom. The summed E-state index contributed by atoms with van der Waals surface area (Å²) in [6.07, 6.45) is 1.19. The van der Waals surface area contributed by atoms with Crippen LogP contribution in [0.3, 0.4) is 0 Å². The Morgan fingerprint density at radius 1 is 0.889 bits per heavy atom. The van der Waals surface area contributed by atoms with E-state index in [2.05, 4.69) is 21.1 Å². The van der Waals surface area contributed by atoms with Gasteiger partial charge in [-0.25, -0.2) is 0 Å². The summed E-state index contributed by atoms with van der Waals surface area (Å²) < 4.78 is 22.7. The van der Waals surface area contributed by atoms with Crippen molar-refractivity contribution >= 4 is 5.91 Å². The third-order valence-corrected chi connectivity index (χ3v) is 3.83. The smallest absolute Gasteiger partial charge is 0.224 e. The fourth-order valence-electron chi connectivity index (χ4n) is 1.97. The maximum absolute atomic E-state index is 11.9. The van der Waals surface area contributed by atoms with Crippen molar-refractivity contribution < 1.29 is 28.2 Å². The first kappa shape index (κ1) is 26.2. The van der Waals surface area contributed by atoms with Crippen LogP contribution in [0.25, 0.3) is 0 Å². The third kappa shape index (κ3) is 19.8. The molecule has 0 aliphatic carbocycles. The minimum atomic E-state index is 0.0774. The maximum atomic E-state index is 11.9. The molecule has 1 unspecified atom stereocenters. The quantitative estimate of drug-likeness (QED) is 0.268. The van der Waals surface area contributed by atoms with Crippen molar-refractivity contribution in [2.45, 2.75) is 25.8 Å². The first-order chi connectivity index (χ1) is 12.7. The van der Waals surface area contributed by atoms with E-state index in [0.717, 1.165) is 24.1 Å². The molecule has 1 amide bonds. The van der Waals surface area contributed by atoms with E-state index < -0.39 is 0 Å². The topological polar surface area (TPSA) is 83.3 Å². The first-order valence-electron chi connectivity index (χ1n) is 9.83. The summed E-state index contributed by atoms with van der Waals surface area (Å²) >= 11 is 0. The normalized spacial score (nSPS) is 13.0. The number of nitrogens with zero attached hydrogens (tertiary/aromatic N) is 2. The van der Waals surface area contributed by atoms with Gasteiger partial charge >= 0.3 is 0 Å². The van der Waals surface area contributed by atoms with Crippen molar-refractivity contribution in [2.75, 3.05) is 94.1 Å². The highest BCUT2D eigenvalue weighted by molar-refractivity contribution is 5.75. The number of hydrogen-bond acceptors (Lipinski definition) is 6. The molecule has 1 atom stereocenters. The fraction of sp³-hybridized carbons (Fsp3) is 0.947. The van der Waals surface area contributed by atoms with Crippen LogP contribution in [0, 0.1) is 0 Å². The Hall–Kier alpha value is -0.770. The summed E-state index contributed by atoms with van der Waals surface area (Å²) in [4.78, 5) is 13.6. The third-order valence-electron chi connectivity index (χ3n) is 3.83. The molecule has 0 aliphatic rings. The van der Waals surface area contributed by atoms with E-state index in [0.29, 0.717) is 59.2 Å². The van der Waals surface area contributed by atoms with Crippen molar-refractivity contribution in [2.24, 2.45) is 5.73 Å². The molecule has 0 rings (SSSR count). The second kappa shape index (κ2) is 16.2. The van der Waals surface area contributed by atoms with Gasteiger partial charge in [0.1, 0.15) is 6.54 Å². The van der Waals surface area contributed by atoms with Gasteiger partial charge in [-0.05, 0) is 13.3 Å². The number of nitrogens with two attached hydrogens (primary N) is 1. The van der Waals surface area contributed by atoms with Crippen LogP contribution in [0.1, 0.15) is 19.8 Å². The van der Waals surface area contributed by atoms with E-state index in [1.807, 2.05) is 6.92 Å². The zero-order valence-corrected chi connectivity index (χ0v) is 18.1. The van der Waals surface area contributed by atoms with Crippen molar-refractivity contribution in [3.05, 3.63) is 0 Å². The van der Waals surface area contributed by atoms with E-state index in [4.69, 9.17) is 24.7 Å². The van der Waals surface area contributed by atoms with Gasteiger partial charge in [0.25, 0.3) is 0 Å². The number of ether oxygens (including phenoxy) is 4. The van der Waals surface area contributed by atoms with E-state index in [1.165, 1.54) is 0 Å². The SMILES string of the molecule is CC(N)CCN(C)C(=O)CCOCCOCCOCCOCC[N+](C)(C)C. The molecule has 27 heavy (non-hydrogen) atoms. The lowest BCUT2D eigenvalue weighted by molar-refractivity contribution is -0.870. The molecule has 0 spiro atoms. The van der Waals surface area contributed by atoms with Crippen LogP contribution < -0.4 is 5.73 Å². The van der Waals surface area contributed by atoms with Gasteiger partial charge in [0, 0.05) is 19.6 Å². The molecule has 0 bridgehead atoms. The van der Waals surface area contributed by atoms with Crippen molar-refractivity contribution in [1.82, 2.24) is 4.90 Å². The number of rotatable bonds is 18. The van der Waals surface area contributed by atoms with Gasteiger partial charge in [0.05, 0.1) is 80.4 Å². The van der Waals surface area contributed by atoms with Crippen LogP contribution in [-0.2, 0) is 23.7 Å². The predicted octanol–water partition coefficient (Wildman–Crippen LogP) is 0.345. The van der Waals surface area contributed by atoms with E-state index in [9.17, 15) is 4.79 Å². The molecule has 2 N–H and O–H groups in total. The zero-order chi connectivity index (χ0) is 20.5. The average Bonchev–Trinajstić information content (AvgIpc) is 2.58. The molecule has 162 valence electrons. The Labute approximate surface area is 165 Å². The van der Waals surface area contributed by atoms with E-state index in [-0.39, 0.29) is 11.9 Å². The van der Waals surface area contributed by atoms with E-state index in [1.54, 1.807) is 11.9 Å². The molecular formula is C19H42N3O5+. The molecule has 0 fully saturated rings. The summed E-state index contributed by atoms with van der Waals surface area (Å²) in [6, 6.07) is 0.109. The monoisotopic (exact) mass is 392 g/mol. The molecule has 0 saturated carbocycles. The van der Waals surface area contributed by atoms with Gasteiger partial charge in [-0.3, -0.25) is 4.79 Å². The minimum absolute atomic E-state index is 0.0774. The fourth-order valence-corrected chi connectivity index (χ4v) is 1.97. The van der Waals surface area contributed by atoms with Gasteiger partial charge in [-0.15, -0.1) is 0 Å². The molecule has 0 aromatic rings. The summed E-state index contributed by atoms with van der Waals surface area (Å²) in [7, 11) is 8.21. The molecule has 0 saturated heterocycles. The van der Waals surface area contributed by atoms with Gasteiger partial charge in [0.15, 0.2) is 0 Å². The molecule has 8 heteroatoms. The lowest BCUT2D eigenvalue weighted by atomic mass is 10.2. The molecule has 8 nitrogen and oxygen atoms in total. The van der Waals surface area contributed by atoms with E-state index >= 15 is 0 Å². The van der Waals surface area contributed by atoms with Crippen LogP contribution in [-0.4, -0.2) is 115 Å². The average molecular weight is 393 g/mol. The first-order valence-corrected chi connectivity index (χ1v) is 9.83. The molecular weight excluding hydrogens is 350 g/mol. The number of quaternary nitrogens is 1. The second-order valence-electron chi connectivity index (χ2n) is 7.79. The van der Waals surface area contributed by atoms with Gasteiger partial charge in [0.2, 0.25) is 5.91 Å². The lowest BCUT2D eigenvalue weighted by Gasteiger charge is -2.23. The Balaban J connectivity index is 3.28. The molecule has 0 aromatic heterocycles. The van der Waals surface area contributed by atoms with Crippen molar-refractivity contribution in [1.29, 1.82) is 0 Å². The van der Waals surface area contributed by atoms with Crippen LogP contribution in [0.4, 0.5) is 0 Å². The number of likely N-dealkylation sites (N-methyl/N-ethyl adjacent to an activating group) is 1. The zero-order valence-electron chi connectivity index (χ0n) is 18.1. The molecule has 0 heterocycles. The largest absolute Gasteiger partial charge is 0.379 e. The van der Waals surface area contributed by atoms with Crippen molar-refractivity contribution in [3.63, 3.8) is 0 Å². The lowest BCUT2D eigenvalue weighted by Crippen LogP contribution is -2.37. The summed E-state index contributed by atoms with van der Waals surface area (Å²) in [5.74, 6) is 0.0774. The Kier molecular flexibility index (Phi) is 15.7. The second-order valence-corrected chi connectivity index (χ2v) is 7.79. The van der Waals surface area contributed by atoms with Crippen LogP contribution in [0.5, 0.6) is 0 Å². The van der Waals surface area contributed by atoms with Gasteiger partial charge in [-0.2, -0.15) is 0 Å². The Bertz CT molecular complexity index is 362. The highest BCUT2D eigenvalue weighted by Crippen LogP contribution is 1.96. The molecule has 0 aliphatic heterocycles. The number of carbonyl (C=O) groups is 1. The number of hydrogen-bond donors (Lipinski definition) is 1. The molecule has 0 radical (unpaired) electrons. The minimum Gasteiger partial charge on any atom is -0.379 e. The predicted molar refractivity (Wildman–Crippen MR) is 107 cm³/mol. The number of carbonyl (C=O) groups excluding carboxylic acids is 1. The summed E-state index contributed by atoms with van der Waals surface area (Å²) in [5.41, 5.74) is 5.69. The highest BCUT2D eigenvalue weighted by atomic mass is 16.6. The van der Waals surface area contributed by atoms with Gasteiger partial charge < -0.3 is 34.1 Å². The van der Waals surface area contributed by atoms with Crippen molar-refractivity contribution in [3.8, 4) is 0 Å². The van der Waals surface area contributed by atoms with Crippen LogP contribution >= 0.6 is 0 Å². The Morgan fingerprint density at radius 3 is 1.78 bits per heavy atom. The summed E-state index contributed by atoms with van der Waals surface area (Å²) in [5, 5.41) is 0. The molecule has 0 aromatic carbocycles. The van der Waals surface area contributed by atoms with Crippen LogP contribution in [0.15, 0.2) is 0 Å².